The van der Waals surface area contributed by atoms with Crippen LogP contribution in [0.4, 0.5) is 0 Å². The minimum Gasteiger partial charge on any atom is -0.477 e. The molecule has 0 spiro atoms. The number of quaternary nitrogens is 1. The van der Waals surface area contributed by atoms with Crippen LogP contribution in [0.5, 0.6) is 0 Å². The lowest BCUT2D eigenvalue weighted by Crippen LogP contribution is -2.40. The Hall–Kier alpha value is -3.79. The van der Waals surface area contributed by atoms with Crippen molar-refractivity contribution < 1.29 is 42.9 Å². The molecular formula is C70H122NO8+. The Morgan fingerprint density at radius 1 is 0.392 bits per heavy atom. The number of likely N-dealkylation sites (N-methyl/N-ethyl adjacent to an activating group) is 1. The fraction of sp³-hybridized carbons (Fsp3) is 0.729. The number of esters is 2. The summed E-state index contributed by atoms with van der Waals surface area (Å²) in [5.41, 5.74) is 0. The zero-order valence-corrected chi connectivity index (χ0v) is 51.8. The molecule has 0 saturated carbocycles. The maximum atomic E-state index is 12.9. The molecule has 9 heteroatoms. The third-order valence-electron chi connectivity index (χ3n) is 13.8. The van der Waals surface area contributed by atoms with E-state index in [2.05, 4.69) is 111 Å². The van der Waals surface area contributed by atoms with Gasteiger partial charge in [-0.05, 0) is 96.3 Å². The number of hydrogen-bond donors (Lipinski definition) is 1. The molecule has 1 N–H and O–H groups in total. The van der Waals surface area contributed by atoms with Crippen LogP contribution in [0, 0.1) is 0 Å². The molecule has 2 atom stereocenters. The van der Waals surface area contributed by atoms with E-state index >= 15 is 0 Å². The molecule has 454 valence electrons. The highest BCUT2D eigenvalue weighted by Crippen LogP contribution is 2.16. The van der Waals surface area contributed by atoms with Crippen molar-refractivity contribution in [1.29, 1.82) is 0 Å². The lowest BCUT2D eigenvalue weighted by Gasteiger charge is -2.25. The van der Waals surface area contributed by atoms with E-state index in [1.54, 1.807) is 0 Å². The molecule has 79 heavy (non-hydrogen) atoms. The average Bonchev–Trinajstić information content (AvgIpc) is 3.42. The Bertz CT molecular complexity index is 1620. The quantitative estimate of drug-likeness (QED) is 0.0211. The number of unbranched alkanes of at least 4 members (excludes halogenated alkanes) is 28. The number of carboxylic acids is 1. The van der Waals surface area contributed by atoms with Gasteiger partial charge in [-0.3, -0.25) is 9.59 Å². The Labute approximate surface area is 486 Å². The zero-order valence-electron chi connectivity index (χ0n) is 51.8. The molecule has 0 aliphatic heterocycles. The van der Waals surface area contributed by atoms with Crippen molar-refractivity contribution >= 4 is 17.9 Å². The first-order valence-corrected chi connectivity index (χ1v) is 32.4. The summed E-state index contributed by atoms with van der Waals surface area (Å²) in [6.45, 7) is 4.77. The van der Waals surface area contributed by atoms with Crippen LogP contribution >= 0.6 is 0 Å². The van der Waals surface area contributed by atoms with Gasteiger partial charge in [0.05, 0.1) is 34.4 Å². The van der Waals surface area contributed by atoms with Gasteiger partial charge in [-0.1, -0.05) is 259 Å². The first-order valence-electron chi connectivity index (χ1n) is 32.4. The van der Waals surface area contributed by atoms with E-state index in [-0.39, 0.29) is 32.2 Å². The normalized spacial score (nSPS) is 13.4. The highest BCUT2D eigenvalue weighted by Gasteiger charge is 2.25. The van der Waals surface area contributed by atoms with Gasteiger partial charge < -0.3 is 28.5 Å². The molecular weight excluding hydrogens is 983 g/mol. The highest BCUT2D eigenvalue weighted by molar-refractivity contribution is 5.71. The Balaban J connectivity index is 4.15. The molecule has 0 aliphatic carbocycles. The van der Waals surface area contributed by atoms with E-state index in [9.17, 15) is 19.5 Å². The van der Waals surface area contributed by atoms with Crippen LogP contribution in [0.25, 0.3) is 0 Å². The Kier molecular flexibility index (Phi) is 57.4. The van der Waals surface area contributed by atoms with Gasteiger partial charge in [-0.2, -0.15) is 0 Å². The second-order valence-corrected chi connectivity index (χ2v) is 22.7. The first kappa shape index (κ1) is 75.2. The molecule has 0 saturated heterocycles. The average molecular weight is 1110 g/mol. The van der Waals surface area contributed by atoms with Gasteiger partial charge in [0.2, 0.25) is 0 Å². The Morgan fingerprint density at radius 2 is 0.722 bits per heavy atom. The highest BCUT2D eigenvalue weighted by atomic mass is 16.7. The molecule has 0 amide bonds. The second kappa shape index (κ2) is 60.3. The van der Waals surface area contributed by atoms with Crippen LogP contribution in [0.3, 0.4) is 0 Å². The van der Waals surface area contributed by atoms with E-state index in [4.69, 9.17) is 18.9 Å². The number of hydrogen-bond acceptors (Lipinski definition) is 7. The molecule has 0 bridgehead atoms. The maximum absolute atomic E-state index is 12.9. The number of ether oxygens (including phenoxy) is 4. The third kappa shape index (κ3) is 61.7. The van der Waals surface area contributed by atoms with E-state index in [0.717, 1.165) is 83.5 Å². The number of nitrogens with zero attached hydrogens (tertiary/aromatic N) is 1. The summed E-state index contributed by atoms with van der Waals surface area (Å²) in [7, 11) is 5.97. The van der Waals surface area contributed by atoms with Crippen molar-refractivity contribution in [1.82, 2.24) is 0 Å². The molecule has 0 rings (SSSR count). The number of carbonyl (C=O) groups excluding carboxylic acids is 2. The smallest absolute Gasteiger partial charge is 0.361 e. The number of carboxylic acid groups (broad SMARTS) is 1. The van der Waals surface area contributed by atoms with Crippen LogP contribution in [0.15, 0.2) is 97.2 Å². The van der Waals surface area contributed by atoms with Gasteiger partial charge in [0, 0.05) is 12.8 Å². The van der Waals surface area contributed by atoms with Crippen molar-refractivity contribution in [3.63, 3.8) is 0 Å². The zero-order chi connectivity index (χ0) is 57.6. The van der Waals surface area contributed by atoms with Crippen molar-refractivity contribution in [2.75, 3.05) is 47.5 Å². The molecule has 2 unspecified atom stereocenters. The van der Waals surface area contributed by atoms with E-state index < -0.39 is 24.3 Å². The van der Waals surface area contributed by atoms with Gasteiger partial charge >= 0.3 is 17.9 Å². The number of carbonyl (C=O) groups is 3. The van der Waals surface area contributed by atoms with Gasteiger partial charge in [0.25, 0.3) is 6.29 Å². The van der Waals surface area contributed by atoms with Gasteiger partial charge in [-0.15, -0.1) is 0 Å². The number of allylic oxidation sites excluding steroid dienone is 16. The minimum absolute atomic E-state index is 0.184. The molecule has 0 aromatic carbocycles. The van der Waals surface area contributed by atoms with Gasteiger partial charge in [0.1, 0.15) is 13.2 Å². The standard InChI is InChI=1S/C70H121NO8/c1-6-8-10-12-14-16-18-20-22-24-26-27-28-29-30-31-32-33-34-35-36-37-38-39-40-41-43-45-47-49-51-53-55-57-59-61-68(73)79-66(65-78-70(69(74)75)76-63-62-71(3,4)5)64-77-67(72)60-58-56-54-52-50-48-46-44-42-25-23-21-19-17-15-13-11-9-7-2/h8,10,14,16,20-23,26-27,29-30,32-33,35-36,66,70H,6-7,9,11-13,15,17-19,24-25,28,31,34,37-65H2,1-5H3/p+1/b10-8-,16-14-,22-20-,23-21-,27-26-,30-29-,33-32-,36-35-. The summed E-state index contributed by atoms with van der Waals surface area (Å²) in [6.07, 6.45) is 79.3. The second-order valence-electron chi connectivity index (χ2n) is 22.7. The third-order valence-corrected chi connectivity index (χ3v) is 13.8. The van der Waals surface area contributed by atoms with Gasteiger partial charge in [-0.25, -0.2) is 4.79 Å². The lowest BCUT2D eigenvalue weighted by molar-refractivity contribution is -0.870. The minimum atomic E-state index is -1.51. The number of rotatable bonds is 59. The predicted octanol–water partition coefficient (Wildman–Crippen LogP) is 19.7. The van der Waals surface area contributed by atoms with E-state index in [0.29, 0.717) is 23.9 Å². The van der Waals surface area contributed by atoms with Crippen LogP contribution < -0.4 is 0 Å². The number of aliphatic carboxylic acids is 1. The van der Waals surface area contributed by atoms with Crippen molar-refractivity contribution in [3.05, 3.63) is 97.2 Å². The maximum Gasteiger partial charge on any atom is 0.361 e. The van der Waals surface area contributed by atoms with Gasteiger partial charge in [0.15, 0.2) is 6.10 Å². The summed E-state index contributed by atoms with van der Waals surface area (Å²) >= 11 is 0. The van der Waals surface area contributed by atoms with Crippen molar-refractivity contribution in [2.24, 2.45) is 0 Å². The first-order chi connectivity index (χ1) is 38.6. The largest absolute Gasteiger partial charge is 0.477 e. The van der Waals surface area contributed by atoms with E-state index in [1.807, 2.05) is 21.1 Å². The van der Waals surface area contributed by atoms with E-state index in [1.165, 1.54) is 154 Å². The SMILES string of the molecule is CC/C=C\C/C=C\C/C=C\C/C=C\C/C=C\C/C=C\C/C=C\CCCCCCCCCCCCCCCC(=O)OC(COC(=O)CCCCCCCCCCC/C=C\CCCCCCCC)COC(OCC[N+](C)(C)C)C(=O)O. The lowest BCUT2D eigenvalue weighted by atomic mass is 10.0. The molecule has 0 fully saturated rings. The fourth-order valence-electron chi connectivity index (χ4n) is 8.87. The summed E-state index contributed by atoms with van der Waals surface area (Å²) in [6, 6.07) is 0. The molecule has 0 radical (unpaired) electrons. The monoisotopic (exact) mass is 1100 g/mol. The summed E-state index contributed by atoms with van der Waals surface area (Å²) in [5.74, 6) is -2.00. The summed E-state index contributed by atoms with van der Waals surface area (Å²) < 4.78 is 22.9. The van der Waals surface area contributed by atoms with Crippen molar-refractivity contribution in [2.45, 2.75) is 283 Å². The molecule has 0 aromatic rings. The summed E-state index contributed by atoms with van der Waals surface area (Å²) in [4.78, 5) is 37.5. The van der Waals surface area contributed by atoms with Crippen LogP contribution in [0.2, 0.25) is 0 Å². The summed E-state index contributed by atoms with van der Waals surface area (Å²) in [5, 5.41) is 9.72. The molecule has 0 aliphatic rings. The van der Waals surface area contributed by atoms with Crippen molar-refractivity contribution in [3.8, 4) is 0 Å². The van der Waals surface area contributed by atoms with Crippen LogP contribution in [-0.2, 0) is 33.3 Å². The Morgan fingerprint density at radius 3 is 1.09 bits per heavy atom. The molecule has 0 aromatic heterocycles. The van der Waals surface area contributed by atoms with Crippen LogP contribution in [0.1, 0.15) is 271 Å². The predicted molar refractivity (Wildman–Crippen MR) is 336 cm³/mol. The molecule has 9 nitrogen and oxygen atoms in total. The van der Waals surface area contributed by atoms with Crippen LogP contribution in [-0.4, -0.2) is 87.4 Å². The topological polar surface area (TPSA) is 108 Å². The fourth-order valence-corrected chi connectivity index (χ4v) is 8.87. The molecule has 0 heterocycles.